The first-order chi connectivity index (χ1) is 9.63. The zero-order valence-corrected chi connectivity index (χ0v) is 12.8. The van der Waals surface area contributed by atoms with Crippen LogP contribution in [0.25, 0.3) is 0 Å². The molecule has 2 aromatic rings. The van der Waals surface area contributed by atoms with Crippen molar-refractivity contribution in [1.82, 2.24) is 0 Å². The minimum atomic E-state index is -0.364. The molecular weight excluding hydrogens is 325 g/mol. The second-order valence-corrected chi connectivity index (χ2v) is 5.02. The highest BCUT2D eigenvalue weighted by atomic mass is 79.9. The molecule has 0 fully saturated rings. The van der Waals surface area contributed by atoms with Gasteiger partial charge in [0.2, 0.25) is 0 Å². The van der Waals surface area contributed by atoms with Crippen LogP contribution in [0.4, 0.5) is 10.1 Å². The van der Waals surface area contributed by atoms with E-state index in [1.807, 2.05) is 24.3 Å². The number of halogens is 2. The van der Waals surface area contributed by atoms with Gasteiger partial charge in [-0.25, -0.2) is 4.39 Å². The van der Waals surface area contributed by atoms with Crippen LogP contribution in [0.1, 0.15) is 5.56 Å². The third-order valence-electron chi connectivity index (χ3n) is 2.87. The molecule has 0 aliphatic carbocycles. The molecule has 0 radical (unpaired) electrons. The van der Waals surface area contributed by atoms with Crippen LogP contribution in [-0.2, 0) is 6.54 Å². The van der Waals surface area contributed by atoms with Gasteiger partial charge < -0.3 is 14.8 Å². The Bertz CT molecular complexity index is 604. The van der Waals surface area contributed by atoms with E-state index in [9.17, 15) is 4.39 Å². The Labute approximate surface area is 125 Å². The number of anilines is 1. The van der Waals surface area contributed by atoms with Crippen LogP contribution >= 0.6 is 15.9 Å². The van der Waals surface area contributed by atoms with Crippen LogP contribution in [0.5, 0.6) is 11.5 Å². The summed E-state index contributed by atoms with van der Waals surface area (Å²) >= 11 is 3.46. The molecule has 2 rings (SSSR count). The Morgan fingerprint density at radius 3 is 2.55 bits per heavy atom. The molecule has 0 heterocycles. The quantitative estimate of drug-likeness (QED) is 0.884. The molecule has 20 heavy (non-hydrogen) atoms. The number of hydrogen-bond donors (Lipinski definition) is 1. The molecule has 5 heteroatoms. The first-order valence-electron chi connectivity index (χ1n) is 6.04. The van der Waals surface area contributed by atoms with Gasteiger partial charge in [-0.2, -0.15) is 0 Å². The van der Waals surface area contributed by atoms with E-state index >= 15 is 0 Å². The molecule has 0 aliphatic heterocycles. The van der Waals surface area contributed by atoms with Crippen LogP contribution in [0.3, 0.4) is 0 Å². The average molecular weight is 340 g/mol. The van der Waals surface area contributed by atoms with Crippen molar-refractivity contribution in [1.29, 1.82) is 0 Å². The van der Waals surface area contributed by atoms with Crippen molar-refractivity contribution < 1.29 is 13.9 Å². The third kappa shape index (κ3) is 3.42. The van der Waals surface area contributed by atoms with Crippen molar-refractivity contribution in [2.75, 3.05) is 19.5 Å². The minimum Gasteiger partial charge on any atom is -0.497 e. The van der Waals surface area contributed by atoms with E-state index in [0.29, 0.717) is 6.54 Å². The molecule has 0 saturated heterocycles. The highest BCUT2D eigenvalue weighted by Crippen LogP contribution is 2.28. The fourth-order valence-corrected chi connectivity index (χ4v) is 2.17. The Morgan fingerprint density at radius 1 is 1.10 bits per heavy atom. The first kappa shape index (κ1) is 14.7. The van der Waals surface area contributed by atoms with Crippen molar-refractivity contribution in [2.45, 2.75) is 6.54 Å². The lowest BCUT2D eigenvalue weighted by molar-refractivity contribution is 0.386. The Morgan fingerprint density at radius 2 is 1.90 bits per heavy atom. The SMILES string of the molecule is COc1ccc(Br)c(NCc2ccc(OC)c(F)c2)c1. The smallest absolute Gasteiger partial charge is 0.165 e. The molecule has 1 N–H and O–H groups in total. The summed E-state index contributed by atoms with van der Waals surface area (Å²) in [5.74, 6) is 0.643. The van der Waals surface area contributed by atoms with Crippen molar-refractivity contribution in [3.05, 3.63) is 52.3 Å². The maximum atomic E-state index is 13.6. The van der Waals surface area contributed by atoms with Crippen molar-refractivity contribution >= 4 is 21.6 Å². The number of nitrogens with one attached hydrogen (secondary N) is 1. The predicted octanol–water partition coefficient (Wildman–Crippen LogP) is 4.22. The molecule has 0 atom stereocenters. The number of methoxy groups -OCH3 is 2. The van der Waals surface area contributed by atoms with Gasteiger partial charge in [0.1, 0.15) is 5.75 Å². The van der Waals surface area contributed by atoms with Gasteiger partial charge in [0, 0.05) is 17.1 Å². The molecule has 0 aromatic heterocycles. The molecule has 0 amide bonds. The standard InChI is InChI=1S/C15H15BrFNO2/c1-19-11-4-5-12(16)14(8-11)18-9-10-3-6-15(20-2)13(17)7-10/h3-8,18H,9H2,1-2H3. The fourth-order valence-electron chi connectivity index (χ4n) is 1.78. The molecular formula is C15H15BrFNO2. The Kier molecular flexibility index (Phi) is 4.84. The second kappa shape index (κ2) is 6.61. The number of ether oxygens (including phenoxy) is 2. The summed E-state index contributed by atoms with van der Waals surface area (Å²) in [5.41, 5.74) is 1.72. The number of benzene rings is 2. The fraction of sp³-hybridized carbons (Fsp3) is 0.200. The lowest BCUT2D eigenvalue weighted by atomic mass is 10.2. The number of rotatable bonds is 5. The van der Waals surface area contributed by atoms with Crippen molar-refractivity contribution in [3.63, 3.8) is 0 Å². The zero-order chi connectivity index (χ0) is 14.5. The van der Waals surface area contributed by atoms with Crippen LogP contribution in [0.2, 0.25) is 0 Å². The summed E-state index contributed by atoms with van der Waals surface area (Å²) in [4.78, 5) is 0. The van der Waals surface area contributed by atoms with E-state index in [4.69, 9.17) is 9.47 Å². The molecule has 3 nitrogen and oxygen atoms in total. The summed E-state index contributed by atoms with van der Waals surface area (Å²) < 4.78 is 24.6. The van der Waals surface area contributed by atoms with Crippen molar-refractivity contribution in [3.8, 4) is 11.5 Å². The van der Waals surface area contributed by atoms with Gasteiger partial charge in [0.25, 0.3) is 0 Å². The van der Waals surface area contributed by atoms with E-state index in [0.717, 1.165) is 21.5 Å². The summed E-state index contributed by atoms with van der Waals surface area (Å²) in [6, 6.07) is 10.5. The van der Waals surface area contributed by atoms with Gasteiger partial charge in [-0.05, 0) is 45.8 Å². The Hall–Kier alpha value is -1.75. The second-order valence-electron chi connectivity index (χ2n) is 4.17. The van der Waals surface area contributed by atoms with Gasteiger partial charge in [0.15, 0.2) is 11.6 Å². The zero-order valence-electron chi connectivity index (χ0n) is 11.2. The summed E-state index contributed by atoms with van der Waals surface area (Å²) in [5, 5.41) is 3.23. The van der Waals surface area contributed by atoms with Gasteiger partial charge in [-0.1, -0.05) is 6.07 Å². The molecule has 0 bridgehead atoms. The molecule has 0 unspecified atom stereocenters. The average Bonchev–Trinajstić information content (AvgIpc) is 2.46. The monoisotopic (exact) mass is 339 g/mol. The van der Waals surface area contributed by atoms with E-state index in [1.165, 1.54) is 13.2 Å². The molecule has 2 aromatic carbocycles. The summed E-state index contributed by atoms with van der Waals surface area (Å²) in [6.45, 7) is 0.507. The van der Waals surface area contributed by atoms with E-state index in [2.05, 4.69) is 21.2 Å². The summed E-state index contributed by atoms with van der Waals surface area (Å²) in [7, 11) is 3.07. The minimum absolute atomic E-state index is 0.247. The first-order valence-corrected chi connectivity index (χ1v) is 6.83. The van der Waals surface area contributed by atoms with Crippen LogP contribution < -0.4 is 14.8 Å². The molecule has 0 saturated carbocycles. The maximum absolute atomic E-state index is 13.6. The van der Waals surface area contributed by atoms with Gasteiger partial charge in [-0.3, -0.25) is 0 Å². The molecule has 106 valence electrons. The lowest BCUT2D eigenvalue weighted by Gasteiger charge is -2.11. The molecule has 0 aliphatic rings. The number of hydrogen-bond acceptors (Lipinski definition) is 3. The van der Waals surface area contributed by atoms with Gasteiger partial charge in [-0.15, -0.1) is 0 Å². The van der Waals surface area contributed by atoms with Crippen LogP contribution in [-0.4, -0.2) is 14.2 Å². The maximum Gasteiger partial charge on any atom is 0.165 e. The van der Waals surface area contributed by atoms with E-state index in [-0.39, 0.29) is 11.6 Å². The summed E-state index contributed by atoms with van der Waals surface area (Å²) in [6.07, 6.45) is 0. The highest BCUT2D eigenvalue weighted by molar-refractivity contribution is 9.10. The van der Waals surface area contributed by atoms with Gasteiger partial charge >= 0.3 is 0 Å². The normalized spacial score (nSPS) is 10.2. The lowest BCUT2D eigenvalue weighted by Crippen LogP contribution is -2.01. The topological polar surface area (TPSA) is 30.5 Å². The third-order valence-corrected chi connectivity index (χ3v) is 3.56. The Balaban J connectivity index is 2.10. The van der Waals surface area contributed by atoms with E-state index < -0.39 is 0 Å². The van der Waals surface area contributed by atoms with Crippen molar-refractivity contribution in [2.24, 2.45) is 0 Å². The van der Waals surface area contributed by atoms with E-state index in [1.54, 1.807) is 13.2 Å². The predicted molar refractivity (Wildman–Crippen MR) is 81.0 cm³/mol. The van der Waals surface area contributed by atoms with Crippen LogP contribution in [0.15, 0.2) is 40.9 Å². The molecule has 0 spiro atoms. The highest BCUT2D eigenvalue weighted by Gasteiger charge is 2.05. The van der Waals surface area contributed by atoms with Gasteiger partial charge in [0.05, 0.1) is 19.9 Å². The van der Waals surface area contributed by atoms with Crippen LogP contribution in [0, 0.1) is 5.82 Å². The largest absolute Gasteiger partial charge is 0.497 e.